The lowest BCUT2D eigenvalue weighted by atomic mass is 9.78. The van der Waals surface area contributed by atoms with Gasteiger partial charge in [-0.25, -0.2) is 4.39 Å². The van der Waals surface area contributed by atoms with Crippen LogP contribution in [0.2, 0.25) is 0 Å². The molecule has 1 aliphatic heterocycles. The van der Waals surface area contributed by atoms with Crippen LogP contribution < -0.4 is 10.2 Å². The number of ether oxygens (including phenoxy) is 1. The molecule has 1 aliphatic rings. The minimum absolute atomic E-state index is 0.359. The monoisotopic (exact) mass is 329 g/mol. The van der Waals surface area contributed by atoms with Crippen LogP contribution in [0.1, 0.15) is 33.3 Å². The van der Waals surface area contributed by atoms with Gasteiger partial charge < -0.3 is 14.0 Å². The molecule has 0 spiro atoms. The van der Waals surface area contributed by atoms with E-state index in [1.54, 1.807) is 24.5 Å². The highest BCUT2D eigenvalue weighted by Gasteiger charge is 2.52. The standard InChI is InChI=1S/C18H21BFNO3/c1-17(2)18(3,4)24-19(23-17)15-6-5-14(11-16(15)20)22-12-13-7-9-21-10-8-13/h5-11H,12H2,1-4H3. The Morgan fingerprint density at radius 1 is 1.04 bits per heavy atom. The first kappa shape index (κ1) is 16.9. The zero-order chi connectivity index (χ0) is 17.4. The lowest BCUT2D eigenvalue weighted by molar-refractivity contribution is 0.00578. The van der Waals surface area contributed by atoms with Crippen molar-refractivity contribution in [1.29, 1.82) is 0 Å². The summed E-state index contributed by atoms with van der Waals surface area (Å²) in [5.74, 6) is 0.0605. The fourth-order valence-corrected chi connectivity index (χ4v) is 2.40. The van der Waals surface area contributed by atoms with E-state index in [9.17, 15) is 4.39 Å². The van der Waals surface area contributed by atoms with E-state index in [1.165, 1.54) is 6.07 Å². The molecule has 1 aromatic carbocycles. The van der Waals surface area contributed by atoms with Gasteiger partial charge in [0.15, 0.2) is 0 Å². The summed E-state index contributed by atoms with van der Waals surface area (Å²) in [7, 11) is -0.718. The van der Waals surface area contributed by atoms with Crippen molar-refractivity contribution in [2.75, 3.05) is 0 Å². The lowest BCUT2D eigenvalue weighted by Crippen LogP contribution is -2.41. The zero-order valence-electron chi connectivity index (χ0n) is 14.4. The Morgan fingerprint density at radius 3 is 2.25 bits per heavy atom. The smallest absolute Gasteiger partial charge is 0.489 e. The van der Waals surface area contributed by atoms with Gasteiger partial charge in [0, 0.05) is 23.9 Å². The molecule has 4 nitrogen and oxygen atoms in total. The van der Waals surface area contributed by atoms with Gasteiger partial charge in [0.05, 0.1) is 11.2 Å². The molecule has 2 aromatic rings. The second-order valence-corrected chi connectivity index (χ2v) is 6.92. The Kier molecular flexibility index (Phi) is 4.36. The largest absolute Gasteiger partial charge is 0.497 e. The first-order valence-corrected chi connectivity index (χ1v) is 7.95. The van der Waals surface area contributed by atoms with Crippen molar-refractivity contribution in [3.8, 4) is 5.75 Å². The van der Waals surface area contributed by atoms with Crippen LogP contribution in [-0.2, 0) is 15.9 Å². The molecule has 1 aromatic heterocycles. The van der Waals surface area contributed by atoms with Gasteiger partial charge in [0.2, 0.25) is 0 Å². The first-order chi connectivity index (χ1) is 11.3. The Bertz CT molecular complexity index is 705. The maximum Gasteiger partial charge on any atom is 0.497 e. The topological polar surface area (TPSA) is 40.6 Å². The molecule has 24 heavy (non-hydrogen) atoms. The molecule has 0 aliphatic carbocycles. The van der Waals surface area contributed by atoms with Gasteiger partial charge >= 0.3 is 7.12 Å². The van der Waals surface area contributed by atoms with Crippen LogP contribution >= 0.6 is 0 Å². The predicted molar refractivity (Wildman–Crippen MR) is 90.7 cm³/mol. The van der Waals surface area contributed by atoms with Crippen molar-refractivity contribution in [2.45, 2.75) is 45.5 Å². The maximum atomic E-state index is 14.5. The highest BCUT2D eigenvalue weighted by atomic mass is 19.1. The molecule has 6 heteroatoms. The summed E-state index contributed by atoms with van der Waals surface area (Å²) < 4.78 is 31.9. The van der Waals surface area contributed by atoms with Crippen molar-refractivity contribution in [3.63, 3.8) is 0 Å². The minimum Gasteiger partial charge on any atom is -0.489 e. The summed E-state index contributed by atoms with van der Waals surface area (Å²) in [6, 6.07) is 8.45. The number of nitrogens with zero attached hydrogens (tertiary/aromatic N) is 1. The van der Waals surface area contributed by atoms with Crippen molar-refractivity contribution in [2.24, 2.45) is 0 Å². The molecule has 126 valence electrons. The molecule has 0 unspecified atom stereocenters. The van der Waals surface area contributed by atoms with E-state index < -0.39 is 24.1 Å². The van der Waals surface area contributed by atoms with E-state index in [-0.39, 0.29) is 0 Å². The van der Waals surface area contributed by atoms with Crippen molar-refractivity contribution in [1.82, 2.24) is 4.98 Å². The Balaban J connectivity index is 1.72. The van der Waals surface area contributed by atoms with Crippen LogP contribution in [0.5, 0.6) is 5.75 Å². The summed E-state index contributed by atoms with van der Waals surface area (Å²) in [5, 5.41) is 0. The number of hydrogen-bond donors (Lipinski definition) is 0. The number of hydrogen-bond acceptors (Lipinski definition) is 4. The summed E-state index contributed by atoms with van der Waals surface area (Å²) in [4.78, 5) is 3.95. The Labute approximate surface area is 142 Å². The lowest BCUT2D eigenvalue weighted by Gasteiger charge is -2.32. The fourth-order valence-electron chi connectivity index (χ4n) is 2.40. The second kappa shape index (κ2) is 6.18. The molecule has 2 heterocycles. The average molecular weight is 329 g/mol. The van der Waals surface area contributed by atoms with Crippen LogP contribution in [0.25, 0.3) is 0 Å². The molecule has 0 bridgehead atoms. The van der Waals surface area contributed by atoms with Gasteiger partial charge in [-0.3, -0.25) is 4.98 Å². The van der Waals surface area contributed by atoms with Crippen LogP contribution in [-0.4, -0.2) is 23.3 Å². The molecule has 3 rings (SSSR count). The number of halogens is 1. The molecule has 0 amide bonds. The fraction of sp³-hybridized carbons (Fsp3) is 0.389. The maximum absolute atomic E-state index is 14.5. The van der Waals surface area contributed by atoms with E-state index >= 15 is 0 Å². The number of rotatable bonds is 4. The summed E-state index contributed by atoms with van der Waals surface area (Å²) in [6.45, 7) is 8.13. The molecule has 0 N–H and O–H groups in total. The quantitative estimate of drug-likeness (QED) is 0.808. The molecule has 0 atom stereocenters. The first-order valence-electron chi connectivity index (χ1n) is 7.95. The second-order valence-electron chi connectivity index (χ2n) is 6.92. The predicted octanol–water partition coefficient (Wildman–Crippen LogP) is 3.10. The highest BCUT2D eigenvalue weighted by molar-refractivity contribution is 6.62. The van der Waals surface area contributed by atoms with Gasteiger partial charge in [-0.05, 0) is 51.5 Å². The number of pyridine rings is 1. The van der Waals surface area contributed by atoms with Gasteiger partial charge in [0.1, 0.15) is 18.2 Å². The SMILES string of the molecule is CC1(C)OB(c2ccc(OCc3ccncc3)cc2F)OC1(C)C. The van der Waals surface area contributed by atoms with Crippen LogP contribution in [0.3, 0.4) is 0 Å². The van der Waals surface area contributed by atoms with E-state index in [1.807, 2.05) is 39.8 Å². The van der Waals surface area contributed by atoms with E-state index in [2.05, 4.69) is 4.98 Å². The average Bonchev–Trinajstić information content (AvgIpc) is 2.74. The van der Waals surface area contributed by atoms with Crippen molar-refractivity contribution in [3.05, 3.63) is 54.1 Å². The molecule has 1 fully saturated rings. The van der Waals surface area contributed by atoms with E-state index in [0.717, 1.165) is 5.56 Å². The third-order valence-corrected chi connectivity index (χ3v) is 4.63. The van der Waals surface area contributed by atoms with Crippen molar-refractivity contribution >= 4 is 12.6 Å². The van der Waals surface area contributed by atoms with Crippen LogP contribution in [0.4, 0.5) is 4.39 Å². The molecular formula is C18H21BFNO3. The third-order valence-electron chi connectivity index (χ3n) is 4.63. The number of benzene rings is 1. The van der Waals surface area contributed by atoms with Crippen LogP contribution in [0, 0.1) is 5.82 Å². The van der Waals surface area contributed by atoms with Gasteiger partial charge in [-0.2, -0.15) is 0 Å². The van der Waals surface area contributed by atoms with E-state index in [4.69, 9.17) is 14.0 Å². The van der Waals surface area contributed by atoms with Gasteiger partial charge in [0.25, 0.3) is 0 Å². The van der Waals surface area contributed by atoms with Crippen molar-refractivity contribution < 1.29 is 18.4 Å². The normalized spacial score (nSPS) is 18.6. The third kappa shape index (κ3) is 3.30. The molecule has 1 saturated heterocycles. The van der Waals surface area contributed by atoms with Gasteiger partial charge in [-0.1, -0.05) is 6.07 Å². The highest BCUT2D eigenvalue weighted by Crippen LogP contribution is 2.36. The Hall–Kier alpha value is -1.92. The van der Waals surface area contributed by atoms with Gasteiger partial charge in [-0.15, -0.1) is 0 Å². The number of aromatic nitrogens is 1. The zero-order valence-corrected chi connectivity index (χ0v) is 14.4. The molecule has 0 radical (unpaired) electrons. The van der Waals surface area contributed by atoms with E-state index in [0.29, 0.717) is 17.8 Å². The summed E-state index contributed by atoms with van der Waals surface area (Å²) >= 11 is 0. The molecule has 0 saturated carbocycles. The summed E-state index contributed by atoms with van der Waals surface area (Å²) in [5.41, 5.74) is 0.353. The van der Waals surface area contributed by atoms with Crippen LogP contribution in [0.15, 0.2) is 42.7 Å². The summed E-state index contributed by atoms with van der Waals surface area (Å²) in [6.07, 6.45) is 3.39. The Morgan fingerprint density at radius 2 is 1.67 bits per heavy atom. The minimum atomic E-state index is -0.718. The molecular weight excluding hydrogens is 308 g/mol.